The molecule has 2 aliphatic rings. The molecule has 318 valence electrons. The predicted octanol–water partition coefficient (Wildman–Crippen LogP) is 9.90. The molecule has 1 unspecified atom stereocenters. The van der Waals surface area contributed by atoms with Gasteiger partial charge in [-0.1, -0.05) is 115 Å². The second-order valence-electron chi connectivity index (χ2n) is 15.8. The Morgan fingerprint density at radius 1 is 0.873 bits per heavy atom. The molecule has 0 saturated carbocycles. The van der Waals surface area contributed by atoms with Gasteiger partial charge >= 0.3 is 5.97 Å². The largest absolute Gasteiger partial charge is 0.489 e. The van der Waals surface area contributed by atoms with Crippen molar-refractivity contribution in [3.8, 4) is 28.7 Å². The van der Waals surface area contributed by atoms with Crippen molar-refractivity contribution in [1.82, 2.24) is 10.2 Å². The Kier molecular flexibility index (Phi) is 12.8. The van der Waals surface area contributed by atoms with Crippen molar-refractivity contribution >= 4 is 46.7 Å². The third-order valence-electron chi connectivity index (χ3n) is 11.8. The van der Waals surface area contributed by atoms with Crippen LogP contribution in [0.15, 0.2) is 133 Å². The number of carbonyl (C=O) groups excluding carboxylic acids is 2. The molecule has 2 amide bonds. The second-order valence-corrected chi connectivity index (χ2v) is 16.6. The highest BCUT2D eigenvalue weighted by Crippen LogP contribution is 2.43. The van der Waals surface area contributed by atoms with Crippen molar-refractivity contribution in [2.45, 2.75) is 63.6 Å². The molecule has 2 N–H and O–H groups in total. The first-order valence-corrected chi connectivity index (χ1v) is 21.4. The average molecular weight is 880 g/mol. The van der Waals surface area contributed by atoms with Gasteiger partial charge in [0.2, 0.25) is 12.0 Å². The Hall–Kier alpha value is -6.64. The molecule has 0 aliphatic carbocycles. The van der Waals surface area contributed by atoms with Gasteiger partial charge in [-0.2, -0.15) is 5.26 Å². The van der Waals surface area contributed by atoms with Crippen LogP contribution in [0.4, 0.5) is 5.69 Å². The average Bonchev–Trinajstić information content (AvgIpc) is 3.30. The summed E-state index contributed by atoms with van der Waals surface area (Å²) in [5.41, 5.74) is 8.18. The van der Waals surface area contributed by atoms with E-state index in [2.05, 4.69) is 23.2 Å². The summed E-state index contributed by atoms with van der Waals surface area (Å²) >= 11 is 12.2. The normalized spacial score (nSPS) is 16.7. The minimum atomic E-state index is -1.18. The Balaban J connectivity index is 1.02. The van der Waals surface area contributed by atoms with Gasteiger partial charge in [0.05, 0.1) is 33.4 Å². The van der Waals surface area contributed by atoms with Crippen molar-refractivity contribution < 1.29 is 29.0 Å². The molecule has 4 atom stereocenters. The number of rotatable bonds is 13. The van der Waals surface area contributed by atoms with Crippen LogP contribution in [0, 0.1) is 11.3 Å². The van der Waals surface area contributed by atoms with Crippen molar-refractivity contribution in [3.63, 3.8) is 0 Å². The third-order valence-corrected chi connectivity index (χ3v) is 12.5. The van der Waals surface area contributed by atoms with Crippen LogP contribution in [0.3, 0.4) is 0 Å². The number of carbonyl (C=O) groups is 3. The van der Waals surface area contributed by atoms with Crippen LogP contribution in [0.1, 0.15) is 64.4 Å². The van der Waals surface area contributed by atoms with Gasteiger partial charge in [-0.3, -0.25) is 14.5 Å². The molecular formula is C51H44Cl2N4O6. The van der Waals surface area contributed by atoms with E-state index in [4.69, 9.17) is 37.9 Å². The van der Waals surface area contributed by atoms with Crippen LogP contribution in [0.25, 0.3) is 11.1 Å². The number of nitriles is 1. The zero-order valence-electron chi connectivity index (χ0n) is 34.6. The number of halogens is 2. The summed E-state index contributed by atoms with van der Waals surface area (Å²) in [6.07, 6.45) is 0.181. The lowest BCUT2D eigenvalue weighted by Gasteiger charge is -2.42. The molecule has 0 radical (unpaired) electrons. The number of anilines is 1. The standard InChI is InChI=1S/C51H44Cl2N4O6/c1-3-44(36-7-5-4-6-8-36)57-29-39-27-47-45(56(2)50(59)48(63-47)37-18-20-40(21-19-37)62-30-33-13-22-41(52)42(53)23-33)25-38(39)26-46(57)49(58)55-43(51(60)61)24-31-9-14-34(15-10-31)35-16-11-32(28-54)12-17-35/h4-23,25,27,43-44,46,48H,3,24,26,29-30H2,1-2H3,(H,55,58)(H,60,61)/t43?,44-,46-,48-/m0/s1. The number of hydrogen-bond donors (Lipinski definition) is 2. The number of ether oxygens (including phenoxy) is 2. The van der Waals surface area contributed by atoms with Crippen molar-refractivity contribution in [2.75, 3.05) is 11.9 Å². The Morgan fingerprint density at radius 2 is 1.56 bits per heavy atom. The summed E-state index contributed by atoms with van der Waals surface area (Å²) in [6, 6.07) is 41.3. The highest BCUT2D eigenvalue weighted by Gasteiger charge is 2.40. The maximum Gasteiger partial charge on any atom is 0.326 e. The van der Waals surface area contributed by atoms with Gasteiger partial charge in [0.1, 0.15) is 24.1 Å². The highest BCUT2D eigenvalue weighted by molar-refractivity contribution is 6.42. The second kappa shape index (κ2) is 18.8. The summed E-state index contributed by atoms with van der Waals surface area (Å²) in [4.78, 5) is 44.8. The molecular weight excluding hydrogens is 835 g/mol. The number of aliphatic carboxylic acids is 1. The number of amides is 2. The molecule has 10 nitrogen and oxygen atoms in total. The lowest BCUT2D eigenvalue weighted by molar-refractivity contribution is -0.143. The molecule has 0 aromatic heterocycles. The molecule has 2 aliphatic heterocycles. The number of carboxylic acids is 1. The molecule has 6 aromatic rings. The SMILES string of the molecule is CC[C@@H](c1ccccc1)N1Cc2cc3c(cc2C[C@H]1C(=O)NC(Cc1ccc(-c2ccc(C#N)cc2)cc1)C(=O)O)N(C)C(=O)[C@H](c1ccc(OCc2ccc(Cl)c(Cl)c2)cc1)O3. The molecule has 8 rings (SSSR count). The summed E-state index contributed by atoms with van der Waals surface area (Å²) < 4.78 is 12.5. The lowest BCUT2D eigenvalue weighted by atomic mass is 9.88. The van der Waals surface area contributed by atoms with Gasteiger partial charge in [-0.25, -0.2) is 4.79 Å². The summed E-state index contributed by atoms with van der Waals surface area (Å²) in [5, 5.41) is 23.4. The third kappa shape index (κ3) is 9.42. The topological polar surface area (TPSA) is 132 Å². The number of fused-ring (bicyclic) bond motifs is 2. The van der Waals surface area contributed by atoms with E-state index in [9.17, 15) is 19.5 Å². The minimum absolute atomic E-state index is 0.0846. The first-order valence-electron chi connectivity index (χ1n) is 20.7. The van der Waals surface area contributed by atoms with Crippen LogP contribution >= 0.6 is 23.2 Å². The molecule has 0 bridgehead atoms. The first kappa shape index (κ1) is 43.0. The number of nitrogens with zero attached hydrogens (tertiary/aromatic N) is 3. The van der Waals surface area contributed by atoms with Gasteiger partial charge in [-0.15, -0.1) is 0 Å². The maximum atomic E-state index is 14.5. The van der Waals surface area contributed by atoms with E-state index < -0.39 is 24.2 Å². The van der Waals surface area contributed by atoms with E-state index in [0.29, 0.717) is 57.7 Å². The van der Waals surface area contributed by atoms with Crippen molar-refractivity contribution in [3.05, 3.63) is 182 Å². The van der Waals surface area contributed by atoms with Crippen molar-refractivity contribution in [1.29, 1.82) is 5.26 Å². The van der Waals surface area contributed by atoms with Gasteiger partial charge in [0.25, 0.3) is 5.91 Å². The predicted molar refractivity (Wildman–Crippen MR) is 243 cm³/mol. The van der Waals surface area contributed by atoms with Crippen LogP contribution < -0.4 is 19.7 Å². The van der Waals surface area contributed by atoms with Crippen LogP contribution in [-0.4, -0.2) is 46.9 Å². The van der Waals surface area contributed by atoms with Crippen LogP contribution in [-0.2, 0) is 40.4 Å². The first-order chi connectivity index (χ1) is 30.5. The van der Waals surface area contributed by atoms with Crippen LogP contribution in [0.5, 0.6) is 11.5 Å². The van der Waals surface area contributed by atoms with E-state index in [1.807, 2.05) is 97.1 Å². The summed E-state index contributed by atoms with van der Waals surface area (Å²) in [5.74, 6) is -0.610. The maximum absolute atomic E-state index is 14.5. The quantitative estimate of drug-likeness (QED) is 0.117. The Bertz CT molecular complexity index is 2690. The summed E-state index contributed by atoms with van der Waals surface area (Å²) in [6.45, 7) is 2.75. The highest BCUT2D eigenvalue weighted by atomic mass is 35.5. The molecule has 63 heavy (non-hydrogen) atoms. The van der Waals surface area contributed by atoms with Crippen LogP contribution in [0.2, 0.25) is 10.0 Å². The molecule has 0 fully saturated rings. The molecule has 0 saturated heterocycles. The van der Waals surface area contributed by atoms with Gasteiger partial charge < -0.3 is 24.8 Å². The monoisotopic (exact) mass is 878 g/mol. The zero-order chi connectivity index (χ0) is 44.2. The number of carboxylic acid groups (broad SMARTS) is 1. The van der Waals surface area contributed by atoms with E-state index >= 15 is 0 Å². The fourth-order valence-electron chi connectivity index (χ4n) is 8.38. The molecule has 2 heterocycles. The van der Waals surface area contributed by atoms with E-state index in [-0.39, 0.29) is 30.9 Å². The fraction of sp³-hybridized carbons (Fsp3) is 0.216. The molecule has 12 heteroatoms. The van der Waals surface area contributed by atoms with Gasteiger partial charge in [0.15, 0.2) is 0 Å². The Labute approximate surface area is 376 Å². The number of nitrogens with one attached hydrogen (secondary N) is 1. The fourth-order valence-corrected chi connectivity index (χ4v) is 8.70. The molecule has 0 spiro atoms. The smallest absolute Gasteiger partial charge is 0.326 e. The number of hydrogen-bond acceptors (Lipinski definition) is 7. The van der Waals surface area contributed by atoms with E-state index in [1.165, 1.54) is 0 Å². The van der Waals surface area contributed by atoms with Crippen molar-refractivity contribution in [2.24, 2.45) is 0 Å². The lowest BCUT2D eigenvalue weighted by Crippen LogP contribution is -2.55. The number of benzene rings is 6. The Morgan fingerprint density at radius 3 is 2.21 bits per heavy atom. The van der Waals surface area contributed by atoms with Gasteiger partial charge in [0, 0.05) is 31.6 Å². The molecule has 6 aromatic carbocycles. The summed E-state index contributed by atoms with van der Waals surface area (Å²) in [7, 11) is 1.72. The van der Waals surface area contributed by atoms with E-state index in [0.717, 1.165) is 38.9 Å². The van der Waals surface area contributed by atoms with Gasteiger partial charge in [-0.05, 0) is 100 Å². The number of likely N-dealkylation sites (N-methyl/N-ethyl adjacent to an activating group) is 1. The minimum Gasteiger partial charge on any atom is -0.489 e. The zero-order valence-corrected chi connectivity index (χ0v) is 36.1. The van der Waals surface area contributed by atoms with E-state index in [1.54, 1.807) is 48.3 Å².